The van der Waals surface area contributed by atoms with Gasteiger partial charge in [-0.1, -0.05) is 0 Å². The molecule has 0 aliphatic carbocycles. The molecule has 1 aliphatic rings. The van der Waals surface area contributed by atoms with Crippen molar-refractivity contribution in [2.24, 2.45) is 7.05 Å². The van der Waals surface area contributed by atoms with Gasteiger partial charge in [-0.3, -0.25) is 0 Å². The fourth-order valence-corrected chi connectivity index (χ4v) is 5.12. The molecule has 2 heterocycles. The van der Waals surface area contributed by atoms with Crippen LogP contribution >= 0.6 is 0 Å². The molecule has 0 saturated carbocycles. The Labute approximate surface area is 168 Å². The Morgan fingerprint density at radius 1 is 0.643 bits per heavy atom. The van der Waals surface area contributed by atoms with Gasteiger partial charge in [0.25, 0.3) is 0 Å². The molecule has 4 rings (SSSR count). The van der Waals surface area contributed by atoms with E-state index in [0.717, 1.165) is 11.0 Å². The Bertz CT molecular complexity index is 1190. The highest BCUT2D eigenvalue weighted by Crippen LogP contribution is 2.49. The lowest BCUT2D eigenvalue weighted by molar-refractivity contribution is -0.618. The highest BCUT2D eigenvalue weighted by molar-refractivity contribution is 6.00. The maximum Gasteiger partial charge on any atom is 0.236 e. The third-order valence-electron chi connectivity index (χ3n) is 7.70. The van der Waals surface area contributed by atoms with E-state index >= 15 is 0 Å². The maximum atomic E-state index is 5.28. The van der Waals surface area contributed by atoms with Gasteiger partial charge in [-0.2, -0.15) is 4.57 Å². The highest BCUT2D eigenvalue weighted by Gasteiger charge is 2.42. The average Bonchev–Trinajstić information content (AvgIpc) is 2.82. The summed E-state index contributed by atoms with van der Waals surface area (Å²) in [4.78, 5) is 10.1. The first-order valence-corrected chi connectivity index (χ1v) is 10.1. The molecule has 0 bridgehead atoms. The maximum absolute atomic E-state index is 5.28. The molecule has 0 spiro atoms. The van der Waals surface area contributed by atoms with Crippen molar-refractivity contribution in [1.82, 2.24) is 4.98 Å². The smallest absolute Gasteiger partial charge is 0.236 e. The minimum absolute atomic E-state index is 0.0633. The molecule has 0 saturated heterocycles. The average molecular weight is 378 g/mol. The summed E-state index contributed by atoms with van der Waals surface area (Å²) in [7, 11) is 6.61. The van der Waals surface area contributed by atoms with Gasteiger partial charge in [0.05, 0.1) is 11.4 Å². The monoisotopic (exact) mass is 377 g/mol. The van der Waals surface area contributed by atoms with E-state index in [1.165, 1.54) is 55.8 Å². The summed E-state index contributed by atoms with van der Waals surface area (Å²) in [6.45, 7) is 17.9. The first-order chi connectivity index (χ1) is 12.9. The summed E-state index contributed by atoms with van der Waals surface area (Å²) in [5.74, 6) is 0. The van der Waals surface area contributed by atoms with Crippen molar-refractivity contribution in [3.05, 3.63) is 33.4 Å². The van der Waals surface area contributed by atoms with E-state index < -0.39 is 0 Å². The molecule has 2 aromatic carbocycles. The Balaban J connectivity index is 2.29. The molecular weight excluding hydrogens is 344 g/mol. The van der Waals surface area contributed by atoms with Crippen LogP contribution in [0.3, 0.4) is 0 Å². The molecule has 4 nitrogen and oxygen atoms in total. The zero-order valence-corrected chi connectivity index (χ0v) is 19.3. The van der Waals surface area contributed by atoms with Crippen LogP contribution in [0.1, 0.15) is 47.2 Å². The van der Waals surface area contributed by atoms with Crippen molar-refractivity contribution in [3.63, 3.8) is 0 Å². The van der Waals surface area contributed by atoms with Crippen molar-refractivity contribution in [1.29, 1.82) is 0 Å². The number of fused-ring (bicyclic) bond motifs is 3. The van der Waals surface area contributed by atoms with E-state index in [4.69, 9.17) is 4.98 Å². The number of hydrogen-bond acceptors (Lipinski definition) is 3. The number of nitrogens with zero attached hydrogens (tertiary/aromatic N) is 4. The van der Waals surface area contributed by atoms with Crippen LogP contribution in [-0.4, -0.2) is 24.7 Å². The van der Waals surface area contributed by atoms with Crippen LogP contribution in [0.5, 0.6) is 0 Å². The molecule has 0 radical (unpaired) electrons. The second kappa shape index (κ2) is 5.59. The lowest BCUT2D eigenvalue weighted by Gasteiger charge is -2.36. The third-order valence-corrected chi connectivity index (χ3v) is 7.70. The Morgan fingerprint density at radius 3 is 1.64 bits per heavy atom. The predicted molar refractivity (Wildman–Crippen MR) is 120 cm³/mol. The number of aromatic nitrogens is 2. The van der Waals surface area contributed by atoms with Gasteiger partial charge >= 0.3 is 0 Å². The van der Waals surface area contributed by atoms with Crippen LogP contribution in [0, 0.1) is 41.5 Å². The van der Waals surface area contributed by atoms with Crippen molar-refractivity contribution in [3.8, 4) is 0 Å². The van der Waals surface area contributed by atoms with E-state index in [1.807, 2.05) is 0 Å². The van der Waals surface area contributed by atoms with Crippen LogP contribution < -0.4 is 14.4 Å². The summed E-state index contributed by atoms with van der Waals surface area (Å²) in [6.07, 6.45) is 0. The number of benzene rings is 2. The quantitative estimate of drug-likeness (QED) is 0.419. The molecule has 0 amide bonds. The normalized spacial score (nSPS) is 15.8. The lowest BCUT2D eigenvalue weighted by atomic mass is 9.95. The molecule has 1 aliphatic heterocycles. The fourth-order valence-electron chi connectivity index (χ4n) is 5.12. The summed E-state index contributed by atoms with van der Waals surface area (Å²) >= 11 is 0. The SMILES string of the molecule is Cc1c(C)c(C)c2c(nc3c(C)c4c(c(C)c3[n+]2C)N(C)C(C)(C)N4C)c1C. The molecule has 4 heteroatoms. The number of anilines is 2. The molecule has 3 aromatic rings. The molecule has 1 aromatic heterocycles. The largest absolute Gasteiger partial charge is 0.350 e. The summed E-state index contributed by atoms with van der Waals surface area (Å²) < 4.78 is 2.38. The second-order valence-corrected chi connectivity index (χ2v) is 9.12. The third kappa shape index (κ3) is 2.01. The number of rotatable bonds is 0. The van der Waals surface area contributed by atoms with Gasteiger partial charge in [-0.15, -0.1) is 0 Å². The topological polar surface area (TPSA) is 23.2 Å². The summed E-state index contributed by atoms with van der Waals surface area (Å²) in [5.41, 5.74) is 15.2. The molecule has 0 atom stereocenters. The van der Waals surface area contributed by atoms with Crippen LogP contribution in [0.15, 0.2) is 0 Å². The van der Waals surface area contributed by atoms with E-state index in [0.29, 0.717) is 0 Å². The van der Waals surface area contributed by atoms with Crippen molar-refractivity contribution in [2.45, 2.75) is 61.1 Å². The Morgan fingerprint density at radius 2 is 1.07 bits per heavy atom. The molecule has 0 N–H and O–H groups in total. The van der Waals surface area contributed by atoms with Gasteiger partial charge < -0.3 is 9.80 Å². The Kier molecular flexibility index (Phi) is 3.79. The zero-order chi connectivity index (χ0) is 20.9. The minimum Gasteiger partial charge on any atom is -0.350 e. The zero-order valence-electron chi connectivity index (χ0n) is 19.3. The first-order valence-electron chi connectivity index (χ1n) is 10.1. The van der Waals surface area contributed by atoms with Crippen LogP contribution in [0.25, 0.3) is 22.1 Å². The molecular formula is C24H33N4+. The van der Waals surface area contributed by atoms with E-state index in [-0.39, 0.29) is 5.66 Å². The predicted octanol–water partition coefficient (Wildman–Crippen LogP) is 4.69. The van der Waals surface area contributed by atoms with Crippen molar-refractivity contribution >= 4 is 33.4 Å². The van der Waals surface area contributed by atoms with Gasteiger partial charge in [-0.05, 0) is 72.1 Å². The summed E-state index contributed by atoms with van der Waals surface area (Å²) in [5, 5.41) is 0. The molecule has 28 heavy (non-hydrogen) atoms. The second-order valence-electron chi connectivity index (χ2n) is 9.12. The first kappa shape index (κ1) is 19.0. The van der Waals surface area contributed by atoms with Gasteiger partial charge in [0.2, 0.25) is 11.0 Å². The van der Waals surface area contributed by atoms with Gasteiger partial charge in [0, 0.05) is 30.8 Å². The standard InChI is InChI=1S/C24H33N4/c1-12-13(2)15(4)20-18(14(12)3)25-19-16(5)22-23(17(6)21(19)26(20)9)28(11)24(7,8)27(22)10/h1-11H3/q+1. The highest BCUT2D eigenvalue weighted by atomic mass is 15.4. The van der Waals surface area contributed by atoms with Gasteiger partial charge in [0.1, 0.15) is 23.7 Å². The number of hydrogen-bond donors (Lipinski definition) is 0. The minimum atomic E-state index is -0.0633. The summed E-state index contributed by atoms with van der Waals surface area (Å²) in [6, 6.07) is 0. The molecule has 148 valence electrons. The van der Waals surface area contributed by atoms with E-state index in [2.05, 4.69) is 90.9 Å². The Hall–Kier alpha value is -2.36. The van der Waals surface area contributed by atoms with E-state index in [1.54, 1.807) is 0 Å². The van der Waals surface area contributed by atoms with Crippen molar-refractivity contribution < 1.29 is 4.57 Å². The number of aryl methyl sites for hydroxylation is 5. The van der Waals surface area contributed by atoms with Crippen LogP contribution in [0.4, 0.5) is 11.4 Å². The molecule has 0 unspecified atom stereocenters. The van der Waals surface area contributed by atoms with Crippen LogP contribution in [-0.2, 0) is 7.05 Å². The van der Waals surface area contributed by atoms with Gasteiger partial charge in [0.15, 0.2) is 0 Å². The molecule has 0 fully saturated rings. The lowest BCUT2D eigenvalue weighted by Crippen LogP contribution is -2.49. The van der Waals surface area contributed by atoms with E-state index in [9.17, 15) is 0 Å². The fraction of sp³-hybridized carbons (Fsp3) is 0.500. The van der Waals surface area contributed by atoms with Crippen LogP contribution in [0.2, 0.25) is 0 Å². The van der Waals surface area contributed by atoms with Crippen molar-refractivity contribution in [2.75, 3.05) is 23.9 Å². The van der Waals surface area contributed by atoms with Gasteiger partial charge in [-0.25, -0.2) is 4.98 Å².